The molecule has 1 aliphatic heterocycles. The smallest absolute Gasteiger partial charge is 0.251 e. The maximum absolute atomic E-state index is 13.1. The van der Waals surface area contributed by atoms with E-state index in [1.165, 1.54) is 0 Å². The van der Waals surface area contributed by atoms with Gasteiger partial charge in [0.25, 0.3) is 5.91 Å². The van der Waals surface area contributed by atoms with E-state index in [4.69, 9.17) is 14.6 Å². The van der Waals surface area contributed by atoms with E-state index in [2.05, 4.69) is 12.2 Å². The van der Waals surface area contributed by atoms with Gasteiger partial charge in [0.05, 0.1) is 31.5 Å². The van der Waals surface area contributed by atoms with Crippen LogP contribution in [0.2, 0.25) is 0 Å². The molecule has 0 spiro atoms. The molecule has 0 unspecified atom stereocenters. The van der Waals surface area contributed by atoms with Crippen LogP contribution in [0.4, 0.5) is 5.69 Å². The summed E-state index contributed by atoms with van der Waals surface area (Å²) in [6, 6.07) is 15.4. The summed E-state index contributed by atoms with van der Waals surface area (Å²) in [5.74, 6) is 1.36. The summed E-state index contributed by atoms with van der Waals surface area (Å²) < 4.78 is 10.8. The molecule has 0 radical (unpaired) electrons. The molecule has 5 heteroatoms. The maximum Gasteiger partial charge on any atom is 0.251 e. The van der Waals surface area contributed by atoms with Crippen molar-refractivity contribution in [3.8, 4) is 11.5 Å². The topological polar surface area (TPSA) is 51.1 Å². The number of allylic oxidation sites excluding steroid dienone is 2. The highest BCUT2D eigenvalue weighted by Crippen LogP contribution is 2.38. The van der Waals surface area contributed by atoms with Crippen molar-refractivity contribution in [3.63, 3.8) is 0 Å². The number of carbonyl (C=O) groups is 1. The van der Waals surface area contributed by atoms with Crippen molar-refractivity contribution in [1.82, 2.24) is 0 Å². The Kier molecular flexibility index (Phi) is 4.67. The van der Waals surface area contributed by atoms with Gasteiger partial charge < -0.3 is 9.47 Å². The standard InChI is InChI=1S/C22H22N2O3/c1-26-19-13-12-15(14-20(19)27-2)21-17-10-6-7-11-18(17)22(25)24(23-21)16-8-4-3-5-9-16/h3-9,12-14,17-18H,10-11H2,1-2H3/t17-,18-/m0/s1. The third-order valence-corrected chi connectivity index (χ3v) is 5.20. The predicted octanol–water partition coefficient (Wildman–Crippen LogP) is 4.04. The zero-order valence-electron chi connectivity index (χ0n) is 15.5. The first kappa shape index (κ1) is 17.3. The Morgan fingerprint density at radius 1 is 0.926 bits per heavy atom. The molecule has 2 aromatic carbocycles. The van der Waals surface area contributed by atoms with Crippen LogP contribution >= 0.6 is 0 Å². The van der Waals surface area contributed by atoms with Crippen LogP contribution in [-0.2, 0) is 4.79 Å². The van der Waals surface area contributed by atoms with Gasteiger partial charge in [-0.05, 0) is 43.2 Å². The third kappa shape index (κ3) is 3.10. The fourth-order valence-electron chi connectivity index (χ4n) is 3.80. The highest BCUT2D eigenvalue weighted by atomic mass is 16.5. The highest BCUT2D eigenvalue weighted by molar-refractivity contribution is 6.11. The molecule has 1 amide bonds. The molecule has 0 N–H and O–H groups in total. The molecule has 27 heavy (non-hydrogen) atoms. The minimum absolute atomic E-state index is 0.0553. The Bertz CT molecular complexity index is 905. The van der Waals surface area contributed by atoms with Crippen molar-refractivity contribution in [2.24, 2.45) is 16.9 Å². The van der Waals surface area contributed by atoms with Crippen LogP contribution in [0.3, 0.4) is 0 Å². The molecule has 1 aliphatic carbocycles. The molecule has 2 atom stereocenters. The van der Waals surface area contributed by atoms with Crippen LogP contribution in [0.5, 0.6) is 11.5 Å². The van der Waals surface area contributed by atoms with Crippen LogP contribution in [0.15, 0.2) is 65.8 Å². The Morgan fingerprint density at radius 3 is 2.33 bits per heavy atom. The minimum atomic E-state index is -0.101. The van der Waals surface area contributed by atoms with Gasteiger partial charge in [-0.1, -0.05) is 30.4 Å². The molecule has 4 rings (SSSR count). The van der Waals surface area contributed by atoms with E-state index in [0.29, 0.717) is 11.5 Å². The first-order valence-corrected chi connectivity index (χ1v) is 9.08. The first-order valence-electron chi connectivity index (χ1n) is 9.08. The third-order valence-electron chi connectivity index (χ3n) is 5.20. The zero-order chi connectivity index (χ0) is 18.8. The molecule has 0 saturated carbocycles. The van der Waals surface area contributed by atoms with Crippen LogP contribution < -0.4 is 14.5 Å². The van der Waals surface area contributed by atoms with Crippen molar-refractivity contribution in [1.29, 1.82) is 0 Å². The van der Waals surface area contributed by atoms with Crippen molar-refractivity contribution >= 4 is 17.3 Å². The van der Waals surface area contributed by atoms with Crippen molar-refractivity contribution in [2.45, 2.75) is 12.8 Å². The summed E-state index contributed by atoms with van der Waals surface area (Å²) >= 11 is 0. The number of para-hydroxylation sites is 1. The lowest BCUT2D eigenvalue weighted by atomic mass is 9.76. The molecule has 1 heterocycles. The number of amides is 1. The van der Waals surface area contributed by atoms with Gasteiger partial charge in [0, 0.05) is 11.5 Å². The first-order chi connectivity index (χ1) is 13.2. The number of benzene rings is 2. The average Bonchev–Trinajstić information content (AvgIpc) is 2.74. The van der Waals surface area contributed by atoms with Crippen molar-refractivity contribution in [3.05, 3.63) is 66.2 Å². The van der Waals surface area contributed by atoms with E-state index in [1.54, 1.807) is 19.2 Å². The van der Waals surface area contributed by atoms with Gasteiger partial charge in [0.2, 0.25) is 0 Å². The lowest BCUT2D eigenvalue weighted by Crippen LogP contribution is -2.45. The quantitative estimate of drug-likeness (QED) is 0.772. The van der Waals surface area contributed by atoms with Crippen LogP contribution in [0, 0.1) is 11.8 Å². The van der Waals surface area contributed by atoms with Crippen molar-refractivity contribution in [2.75, 3.05) is 19.2 Å². The molecule has 2 aromatic rings. The van der Waals surface area contributed by atoms with E-state index in [0.717, 1.165) is 29.8 Å². The van der Waals surface area contributed by atoms with Gasteiger partial charge in [0.15, 0.2) is 11.5 Å². The zero-order valence-corrected chi connectivity index (χ0v) is 15.5. The summed E-state index contributed by atoms with van der Waals surface area (Å²) in [4.78, 5) is 13.1. The molecule has 0 fully saturated rings. The van der Waals surface area contributed by atoms with E-state index >= 15 is 0 Å². The number of methoxy groups -OCH3 is 2. The second kappa shape index (κ2) is 7.27. The summed E-state index contributed by atoms with van der Waals surface area (Å²) in [6.45, 7) is 0. The lowest BCUT2D eigenvalue weighted by molar-refractivity contribution is -0.123. The fourth-order valence-corrected chi connectivity index (χ4v) is 3.80. The van der Waals surface area contributed by atoms with Crippen molar-refractivity contribution < 1.29 is 14.3 Å². The number of hydrogen-bond donors (Lipinski definition) is 0. The molecule has 5 nitrogen and oxygen atoms in total. The van der Waals surface area contributed by atoms with Gasteiger partial charge >= 0.3 is 0 Å². The van der Waals surface area contributed by atoms with Gasteiger partial charge in [-0.15, -0.1) is 0 Å². The molecule has 0 aromatic heterocycles. The molecular weight excluding hydrogens is 340 g/mol. The van der Waals surface area contributed by atoms with E-state index in [9.17, 15) is 4.79 Å². The number of carbonyl (C=O) groups excluding carboxylic acids is 1. The van der Waals surface area contributed by atoms with Crippen LogP contribution in [-0.4, -0.2) is 25.8 Å². The normalized spacial score (nSPS) is 21.5. The molecule has 0 bridgehead atoms. The van der Waals surface area contributed by atoms with Crippen LogP contribution in [0.25, 0.3) is 0 Å². The summed E-state index contributed by atoms with van der Waals surface area (Å²) in [5.41, 5.74) is 2.65. The van der Waals surface area contributed by atoms with E-state index in [-0.39, 0.29) is 17.7 Å². The average molecular weight is 362 g/mol. The Balaban J connectivity index is 1.83. The highest BCUT2D eigenvalue weighted by Gasteiger charge is 2.40. The Labute approximate surface area is 158 Å². The SMILES string of the molecule is COc1ccc(C2=NN(c3ccccc3)C(=O)[C@H]3CC=CC[C@H]23)cc1OC. The van der Waals surface area contributed by atoms with Gasteiger partial charge in [0.1, 0.15) is 0 Å². The van der Waals surface area contributed by atoms with Gasteiger partial charge in [-0.2, -0.15) is 5.10 Å². The molecule has 2 aliphatic rings. The van der Waals surface area contributed by atoms with Gasteiger partial charge in [-0.25, -0.2) is 5.01 Å². The predicted molar refractivity (Wildman–Crippen MR) is 105 cm³/mol. The number of anilines is 1. The summed E-state index contributed by atoms with van der Waals surface area (Å²) in [5, 5.41) is 6.34. The van der Waals surface area contributed by atoms with Crippen LogP contribution in [0.1, 0.15) is 18.4 Å². The second-order valence-corrected chi connectivity index (χ2v) is 6.70. The minimum Gasteiger partial charge on any atom is -0.493 e. The largest absolute Gasteiger partial charge is 0.493 e. The lowest BCUT2D eigenvalue weighted by Gasteiger charge is -2.37. The number of nitrogens with zero attached hydrogens (tertiary/aromatic N) is 2. The number of ether oxygens (including phenoxy) is 2. The second-order valence-electron chi connectivity index (χ2n) is 6.70. The summed E-state index contributed by atoms with van der Waals surface area (Å²) in [6.07, 6.45) is 5.79. The number of hydrogen-bond acceptors (Lipinski definition) is 4. The number of rotatable bonds is 4. The Morgan fingerprint density at radius 2 is 1.63 bits per heavy atom. The molecular formula is C22H22N2O3. The Hall–Kier alpha value is -3.08. The van der Waals surface area contributed by atoms with E-state index in [1.807, 2.05) is 48.5 Å². The number of hydrazone groups is 1. The fraction of sp³-hybridized carbons (Fsp3) is 0.273. The number of fused-ring (bicyclic) bond motifs is 1. The van der Waals surface area contributed by atoms with E-state index < -0.39 is 0 Å². The maximum atomic E-state index is 13.1. The van der Waals surface area contributed by atoms with Gasteiger partial charge in [-0.3, -0.25) is 4.79 Å². The summed E-state index contributed by atoms with van der Waals surface area (Å²) in [7, 11) is 3.24. The monoisotopic (exact) mass is 362 g/mol. The molecule has 138 valence electrons. The molecule has 0 saturated heterocycles.